The van der Waals surface area contributed by atoms with Crippen LogP contribution in [0.4, 0.5) is 8.78 Å². The number of nitriles is 1. The Labute approximate surface area is 79.4 Å². The van der Waals surface area contributed by atoms with E-state index in [1.807, 2.05) is 0 Å². The van der Waals surface area contributed by atoms with E-state index in [0.717, 1.165) is 6.07 Å². The van der Waals surface area contributed by atoms with E-state index in [-0.39, 0.29) is 12.0 Å². The van der Waals surface area contributed by atoms with E-state index in [9.17, 15) is 8.78 Å². The fourth-order valence-electron chi connectivity index (χ4n) is 0.815. The van der Waals surface area contributed by atoms with Gasteiger partial charge in [0.05, 0.1) is 18.1 Å². The minimum atomic E-state index is -1.13. The van der Waals surface area contributed by atoms with Gasteiger partial charge in [-0.1, -0.05) is 11.8 Å². The Balaban J connectivity index is 3.07. The van der Waals surface area contributed by atoms with Crippen molar-refractivity contribution in [2.75, 3.05) is 0 Å². The molecule has 0 amide bonds. The Morgan fingerprint density at radius 1 is 1.29 bits per heavy atom. The molecule has 1 aromatic rings. The van der Waals surface area contributed by atoms with Crippen molar-refractivity contribution in [1.82, 2.24) is 0 Å². The normalized spacial score (nSPS) is 8.64. The van der Waals surface area contributed by atoms with E-state index in [0.29, 0.717) is 6.07 Å². The van der Waals surface area contributed by atoms with Gasteiger partial charge in [-0.3, -0.25) is 0 Å². The molecule has 0 bridgehead atoms. The van der Waals surface area contributed by atoms with Crippen LogP contribution in [0.25, 0.3) is 0 Å². The maximum Gasteiger partial charge on any atom is 0.162 e. The molecule has 0 atom stereocenters. The fourth-order valence-corrected chi connectivity index (χ4v) is 0.815. The summed E-state index contributed by atoms with van der Waals surface area (Å²) in [5, 5.41) is 17.3. The van der Waals surface area contributed by atoms with Crippen LogP contribution < -0.4 is 0 Å². The van der Waals surface area contributed by atoms with Gasteiger partial charge in [0.2, 0.25) is 0 Å². The van der Waals surface area contributed by atoms with Gasteiger partial charge in [-0.05, 0) is 6.07 Å². The zero-order chi connectivity index (χ0) is 10.6. The van der Waals surface area contributed by atoms with Crippen LogP contribution in [-0.4, -0.2) is 5.11 Å². The third-order valence-electron chi connectivity index (χ3n) is 1.43. The van der Waals surface area contributed by atoms with Crippen LogP contribution in [0.3, 0.4) is 0 Å². The number of halogens is 2. The molecule has 0 radical (unpaired) electrons. The van der Waals surface area contributed by atoms with E-state index >= 15 is 0 Å². The second kappa shape index (κ2) is 4.25. The second-order valence-electron chi connectivity index (χ2n) is 2.42. The molecule has 0 aromatic heterocycles. The summed E-state index contributed by atoms with van der Waals surface area (Å²) in [4.78, 5) is 0. The van der Waals surface area contributed by atoms with E-state index in [1.54, 1.807) is 6.07 Å². The van der Waals surface area contributed by atoms with E-state index in [1.165, 1.54) is 0 Å². The van der Waals surface area contributed by atoms with Crippen LogP contribution in [-0.2, 0) is 0 Å². The minimum Gasteiger partial charge on any atom is -0.507 e. The average Bonchev–Trinajstić information content (AvgIpc) is 2.14. The molecule has 0 spiro atoms. The summed E-state index contributed by atoms with van der Waals surface area (Å²) in [5.41, 5.74) is -0.0286. The Kier molecular flexibility index (Phi) is 3.04. The number of phenolic OH excluding ortho intramolecular Hbond substituents is 1. The Morgan fingerprint density at radius 3 is 2.57 bits per heavy atom. The molecule has 1 N–H and O–H groups in total. The second-order valence-corrected chi connectivity index (χ2v) is 2.42. The summed E-state index contributed by atoms with van der Waals surface area (Å²) < 4.78 is 25.2. The zero-order valence-electron chi connectivity index (χ0n) is 7.01. The first-order valence-electron chi connectivity index (χ1n) is 3.69. The van der Waals surface area contributed by atoms with E-state index < -0.39 is 17.4 Å². The molecule has 0 saturated carbocycles. The summed E-state index contributed by atoms with van der Waals surface area (Å²) in [6.45, 7) is 0. The quantitative estimate of drug-likeness (QED) is 0.640. The van der Waals surface area contributed by atoms with E-state index in [2.05, 4.69) is 11.8 Å². The molecule has 70 valence electrons. The highest BCUT2D eigenvalue weighted by Gasteiger charge is 2.06. The Bertz CT molecular complexity index is 452. The lowest BCUT2D eigenvalue weighted by molar-refractivity contribution is 0.453. The third-order valence-corrected chi connectivity index (χ3v) is 1.43. The zero-order valence-corrected chi connectivity index (χ0v) is 7.01. The van der Waals surface area contributed by atoms with Crippen LogP contribution in [0.1, 0.15) is 12.0 Å². The highest BCUT2D eigenvalue weighted by Crippen LogP contribution is 2.19. The van der Waals surface area contributed by atoms with Crippen LogP contribution in [0.2, 0.25) is 0 Å². The van der Waals surface area contributed by atoms with Crippen molar-refractivity contribution in [3.05, 3.63) is 29.3 Å². The smallest absolute Gasteiger partial charge is 0.162 e. The molecular weight excluding hydrogens is 188 g/mol. The van der Waals surface area contributed by atoms with Crippen molar-refractivity contribution in [3.63, 3.8) is 0 Å². The van der Waals surface area contributed by atoms with Gasteiger partial charge in [0, 0.05) is 6.07 Å². The van der Waals surface area contributed by atoms with Crippen molar-refractivity contribution >= 4 is 0 Å². The molecule has 2 nitrogen and oxygen atoms in total. The molecule has 1 rings (SSSR count). The molecule has 0 aliphatic carbocycles. The maximum atomic E-state index is 12.6. The molecule has 0 saturated heterocycles. The van der Waals surface area contributed by atoms with Crippen LogP contribution >= 0.6 is 0 Å². The number of phenols is 1. The predicted octanol–water partition coefficient (Wildman–Crippen LogP) is 1.94. The monoisotopic (exact) mass is 193 g/mol. The minimum absolute atomic E-state index is 0.0286. The van der Waals surface area contributed by atoms with Crippen LogP contribution in [0.5, 0.6) is 5.75 Å². The highest BCUT2D eigenvalue weighted by molar-refractivity contribution is 5.45. The highest BCUT2D eigenvalue weighted by atomic mass is 19.2. The number of hydrogen-bond acceptors (Lipinski definition) is 2. The third kappa shape index (κ3) is 2.21. The number of hydrogen-bond donors (Lipinski definition) is 1. The van der Waals surface area contributed by atoms with Crippen molar-refractivity contribution in [2.45, 2.75) is 6.42 Å². The van der Waals surface area contributed by atoms with Gasteiger partial charge >= 0.3 is 0 Å². The summed E-state index contributed by atoms with van der Waals surface area (Å²) in [5.74, 6) is 2.08. The fraction of sp³-hybridized carbons (Fsp3) is 0.100. The van der Waals surface area contributed by atoms with Crippen LogP contribution in [0, 0.1) is 34.8 Å². The van der Waals surface area contributed by atoms with Gasteiger partial charge in [0.1, 0.15) is 5.75 Å². The number of nitrogens with zero attached hydrogens (tertiary/aromatic N) is 1. The lowest BCUT2D eigenvalue weighted by atomic mass is 10.2. The lowest BCUT2D eigenvalue weighted by Gasteiger charge is -1.97. The predicted molar refractivity (Wildman–Crippen MR) is 45.1 cm³/mol. The van der Waals surface area contributed by atoms with E-state index in [4.69, 9.17) is 10.4 Å². The largest absolute Gasteiger partial charge is 0.507 e. The topological polar surface area (TPSA) is 44.0 Å². The van der Waals surface area contributed by atoms with Crippen molar-refractivity contribution in [1.29, 1.82) is 5.26 Å². The molecule has 0 aliphatic rings. The van der Waals surface area contributed by atoms with Gasteiger partial charge in [0.25, 0.3) is 0 Å². The number of aromatic hydroxyl groups is 1. The van der Waals surface area contributed by atoms with Gasteiger partial charge in [0.15, 0.2) is 11.6 Å². The molecule has 0 unspecified atom stereocenters. The number of rotatable bonds is 0. The molecule has 0 fully saturated rings. The van der Waals surface area contributed by atoms with Gasteiger partial charge in [-0.25, -0.2) is 8.78 Å². The van der Waals surface area contributed by atoms with Gasteiger partial charge in [-0.2, -0.15) is 5.26 Å². The molecule has 14 heavy (non-hydrogen) atoms. The lowest BCUT2D eigenvalue weighted by Crippen LogP contribution is -1.86. The van der Waals surface area contributed by atoms with Gasteiger partial charge in [-0.15, -0.1) is 0 Å². The first-order valence-corrected chi connectivity index (χ1v) is 3.69. The first-order chi connectivity index (χ1) is 6.65. The summed E-state index contributed by atoms with van der Waals surface area (Å²) in [7, 11) is 0. The van der Waals surface area contributed by atoms with Crippen molar-refractivity contribution in [3.8, 4) is 23.7 Å². The van der Waals surface area contributed by atoms with Crippen molar-refractivity contribution in [2.24, 2.45) is 0 Å². The maximum absolute atomic E-state index is 12.6. The Hall–Kier alpha value is -2.07. The van der Waals surface area contributed by atoms with Crippen LogP contribution in [0.15, 0.2) is 12.1 Å². The molecule has 0 aliphatic heterocycles. The average molecular weight is 193 g/mol. The summed E-state index contributed by atoms with van der Waals surface area (Å²) in [6, 6.07) is 3.19. The molecule has 4 heteroatoms. The summed E-state index contributed by atoms with van der Waals surface area (Å²) >= 11 is 0. The molecule has 0 heterocycles. The first kappa shape index (κ1) is 10.0. The standard InChI is InChI=1S/C10H5F2NO/c11-8-5-7(3-1-2-4-13)10(14)6-9(8)12/h5-6,14H,2H2. The molecule has 1 aromatic carbocycles. The van der Waals surface area contributed by atoms with Crippen molar-refractivity contribution < 1.29 is 13.9 Å². The summed E-state index contributed by atoms with van der Waals surface area (Å²) in [6.07, 6.45) is -0.0293. The Morgan fingerprint density at radius 2 is 1.93 bits per heavy atom. The molecular formula is C10H5F2NO. The van der Waals surface area contributed by atoms with Gasteiger partial charge < -0.3 is 5.11 Å². The SMILES string of the molecule is N#CCC#Cc1cc(F)c(F)cc1O. The number of benzene rings is 1.